The first-order chi connectivity index (χ1) is 8.16. The van der Waals surface area contributed by atoms with E-state index in [1.807, 2.05) is 0 Å². The number of primary amides is 1. The number of nitrogens with one attached hydrogen (secondary N) is 1. The molecule has 2 aliphatic carbocycles. The molecule has 2 aliphatic rings. The normalized spacial score (nSPS) is 21.1. The van der Waals surface area contributed by atoms with Crippen LogP contribution in [-0.4, -0.2) is 11.0 Å². The Morgan fingerprint density at radius 1 is 1.35 bits per heavy atom. The molecule has 0 radical (unpaired) electrons. The Bertz CT molecular complexity index is 496. The molecule has 3 N–H and O–H groups in total. The van der Waals surface area contributed by atoms with E-state index in [9.17, 15) is 4.79 Å². The highest BCUT2D eigenvalue weighted by atomic mass is 16.2. The van der Waals surface area contributed by atoms with E-state index in [4.69, 9.17) is 10.7 Å². The van der Waals surface area contributed by atoms with Gasteiger partial charge in [-0.15, -0.1) is 0 Å². The fraction of sp³-hybridized carbons (Fsp3) is 0.538. The van der Waals surface area contributed by atoms with Crippen molar-refractivity contribution in [2.24, 2.45) is 5.73 Å². The van der Waals surface area contributed by atoms with Crippen LogP contribution in [0.2, 0.25) is 0 Å². The maximum absolute atomic E-state index is 11.1. The minimum Gasteiger partial charge on any atom is -0.351 e. The topological polar surface area (TPSA) is 68.0 Å². The number of hydrogen-bond donors (Lipinski definition) is 2. The van der Waals surface area contributed by atoms with Crippen molar-refractivity contribution in [3.8, 4) is 0 Å². The van der Waals surface area contributed by atoms with Crippen molar-refractivity contribution >= 4 is 11.7 Å². The average molecular weight is 231 g/mol. The molecule has 1 aromatic rings. The zero-order chi connectivity index (χ0) is 12.0. The molecule has 2 amide bonds. The number of carbonyl (C=O) groups excluding carboxylic acids is 1. The zero-order valence-electron chi connectivity index (χ0n) is 10.0. The van der Waals surface area contributed by atoms with Crippen LogP contribution in [0, 0.1) is 0 Å². The smallest absolute Gasteiger partial charge is 0.316 e. The van der Waals surface area contributed by atoms with E-state index in [1.54, 1.807) is 0 Å². The highest BCUT2D eigenvalue weighted by molar-refractivity contribution is 5.90. The lowest BCUT2D eigenvalue weighted by atomic mass is 10.0. The number of carbonyl (C=O) groups is 1. The zero-order valence-corrected chi connectivity index (χ0v) is 10.0. The summed E-state index contributed by atoms with van der Waals surface area (Å²) in [7, 11) is 0. The summed E-state index contributed by atoms with van der Waals surface area (Å²) in [6, 6.07) is -0.466. The summed E-state index contributed by atoms with van der Waals surface area (Å²) in [4.78, 5) is 15.9. The van der Waals surface area contributed by atoms with Crippen molar-refractivity contribution in [3.63, 3.8) is 0 Å². The van der Waals surface area contributed by atoms with Crippen LogP contribution in [0.25, 0.3) is 0 Å². The van der Waals surface area contributed by atoms with Crippen molar-refractivity contribution in [1.29, 1.82) is 0 Å². The molecule has 90 valence electrons. The molecule has 1 aromatic heterocycles. The molecule has 3 rings (SSSR count). The van der Waals surface area contributed by atoms with Crippen molar-refractivity contribution in [3.05, 3.63) is 22.5 Å². The summed E-state index contributed by atoms with van der Waals surface area (Å²) in [6.45, 7) is 2.20. The molecule has 0 saturated carbocycles. The number of nitrogens with zero attached hydrogens (tertiary/aromatic N) is 1. The van der Waals surface area contributed by atoms with Gasteiger partial charge in [0, 0.05) is 11.4 Å². The second-order valence-corrected chi connectivity index (χ2v) is 5.06. The molecule has 4 heteroatoms. The van der Waals surface area contributed by atoms with E-state index in [0.717, 1.165) is 37.8 Å². The highest BCUT2D eigenvalue weighted by Crippen LogP contribution is 2.40. The molecule has 0 spiro atoms. The molecule has 17 heavy (non-hydrogen) atoms. The van der Waals surface area contributed by atoms with Gasteiger partial charge in [-0.2, -0.15) is 0 Å². The third kappa shape index (κ3) is 1.59. The monoisotopic (exact) mass is 231 g/mol. The van der Waals surface area contributed by atoms with Gasteiger partial charge in [0.15, 0.2) is 0 Å². The van der Waals surface area contributed by atoms with Crippen LogP contribution in [0.3, 0.4) is 0 Å². The van der Waals surface area contributed by atoms with Crippen molar-refractivity contribution in [2.75, 3.05) is 5.32 Å². The standard InChI is InChI=1S/C13H17N3O/c1-7-5-6-9-11(7)15-10-4-2-3-8(10)12(9)16-13(14)17/h7H,2-6H2,1H3,(H3,14,15,16,17). The number of aryl methyl sites for hydroxylation is 1. The first-order valence-electron chi connectivity index (χ1n) is 6.27. The van der Waals surface area contributed by atoms with Crippen LogP contribution < -0.4 is 11.1 Å². The SMILES string of the molecule is CC1CCc2c1nc1c(c2NC(N)=O)CCC1. The Balaban J connectivity index is 2.17. The predicted octanol–water partition coefficient (Wildman–Crippen LogP) is 2.11. The Kier molecular flexibility index (Phi) is 2.31. The number of nitrogens with two attached hydrogens (primary N) is 1. The molecule has 0 aliphatic heterocycles. The maximum Gasteiger partial charge on any atom is 0.316 e. The molecule has 0 bridgehead atoms. The van der Waals surface area contributed by atoms with Crippen LogP contribution in [-0.2, 0) is 19.3 Å². The Morgan fingerprint density at radius 2 is 2.18 bits per heavy atom. The first-order valence-corrected chi connectivity index (χ1v) is 6.27. The van der Waals surface area contributed by atoms with Gasteiger partial charge in [-0.25, -0.2) is 4.79 Å². The van der Waals surface area contributed by atoms with Crippen molar-refractivity contribution < 1.29 is 4.79 Å². The van der Waals surface area contributed by atoms with E-state index in [0.29, 0.717) is 5.92 Å². The molecule has 4 nitrogen and oxygen atoms in total. The molecule has 1 heterocycles. The van der Waals surface area contributed by atoms with E-state index in [2.05, 4.69) is 12.2 Å². The lowest BCUT2D eigenvalue weighted by Crippen LogP contribution is -2.21. The molecule has 0 saturated heterocycles. The third-order valence-electron chi connectivity index (χ3n) is 3.90. The van der Waals surface area contributed by atoms with Crippen molar-refractivity contribution in [1.82, 2.24) is 4.98 Å². The molecular weight excluding hydrogens is 214 g/mol. The third-order valence-corrected chi connectivity index (χ3v) is 3.90. The minimum atomic E-state index is -0.466. The summed E-state index contributed by atoms with van der Waals surface area (Å²) in [5, 5.41) is 2.82. The summed E-state index contributed by atoms with van der Waals surface area (Å²) in [5.41, 5.74) is 11.0. The average Bonchev–Trinajstić information content (AvgIpc) is 2.86. The number of urea groups is 1. The van der Waals surface area contributed by atoms with Gasteiger partial charge < -0.3 is 11.1 Å². The lowest BCUT2D eigenvalue weighted by molar-refractivity contribution is 0.259. The summed E-state index contributed by atoms with van der Waals surface area (Å²) < 4.78 is 0. The second kappa shape index (κ2) is 3.72. The van der Waals surface area contributed by atoms with Gasteiger partial charge in [0.1, 0.15) is 0 Å². The van der Waals surface area contributed by atoms with Crippen LogP contribution in [0.1, 0.15) is 48.2 Å². The van der Waals surface area contributed by atoms with Gasteiger partial charge in [0.05, 0.1) is 5.69 Å². The maximum atomic E-state index is 11.1. The van der Waals surface area contributed by atoms with E-state index in [-0.39, 0.29) is 0 Å². The number of aromatic nitrogens is 1. The van der Waals surface area contributed by atoms with Crippen LogP contribution >= 0.6 is 0 Å². The minimum absolute atomic E-state index is 0.466. The number of anilines is 1. The second-order valence-electron chi connectivity index (χ2n) is 5.06. The number of pyridine rings is 1. The molecule has 1 atom stereocenters. The molecule has 1 unspecified atom stereocenters. The van der Waals surface area contributed by atoms with Gasteiger partial charge >= 0.3 is 6.03 Å². The molecule has 0 fully saturated rings. The number of hydrogen-bond acceptors (Lipinski definition) is 2. The fourth-order valence-corrected chi connectivity index (χ4v) is 3.08. The summed E-state index contributed by atoms with van der Waals surface area (Å²) in [6.07, 6.45) is 5.31. The summed E-state index contributed by atoms with van der Waals surface area (Å²) >= 11 is 0. The lowest BCUT2D eigenvalue weighted by Gasteiger charge is -2.14. The predicted molar refractivity (Wildman–Crippen MR) is 66.2 cm³/mol. The van der Waals surface area contributed by atoms with Gasteiger partial charge in [0.2, 0.25) is 0 Å². The van der Waals surface area contributed by atoms with Crippen LogP contribution in [0.15, 0.2) is 0 Å². The summed E-state index contributed by atoms with van der Waals surface area (Å²) in [5.74, 6) is 0.504. The van der Waals surface area contributed by atoms with Crippen LogP contribution in [0.4, 0.5) is 10.5 Å². The van der Waals surface area contributed by atoms with E-state index < -0.39 is 6.03 Å². The Labute approximate surface area is 101 Å². The number of amides is 2. The Hall–Kier alpha value is -1.58. The number of rotatable bonds is 1. The molecular formula is C13H17N3O. The number of fused-ring (bicyclic) bond motifs is 2. The van der Waals surface area contributed by atoms with E-state index in [1.165, 1.54) is 22.5 Å². The fourth-order valence-electron chi connectivity index (χ4n) is 3.08. The first kappa shape index (κ1) is 10.6. The molecule has 0 aromatic carbocycles. The largest absolute Gasteiger partial charge is 0.351 e. The highest BCUT2D eigenvalue weighted by Gasteiger charge is 2.29. The van der Waals surface area contributed by atoms with Gasteiger partial charge in [-0.1, -0.05) is 6.92 Å². The van der Waals surface area contributed by atoms with Gasteiger partial charge in [-0.3, -0.25) is 4.98 Å². The van der Waals surface area contributed by atoms with Crippen molar-refractivity contribution in [2.45, 2.75) is 44.9 Å². The van der Waals surface area contributed by atoms with Gasteiger partial charge in [-0.05, 0) is 49.1 Å². The van der Waals surface area contributed by atoms with Gasteiger partial charge in [0.25, 0.3) is 0 Å². The Morgan fingerprint density at radius 3 is 2.94 bits per heavy atom. The quantitative estimate of drug-likeness (QED) is 0.777. The van der Waals surface area contributed by atoms with Crippen LogP contribution in [0.5, 0.6) is 0 Å². The van der Waals surface area contributed by atoms with E-state index >= 15 is 0 Å².